The Bertz CT molecular complexity index is 1120. The predicted octanol–water partition coefficient (Wildman–Crippen LogP) is 4.43. The first kappa shape index (κ1) is 48.6. The highest BCUT2D eigenvalue weighted by atomic mass is 16.5. The molecule has 2 amide bonds. The molecule has 0 aromatic carbocycles. The van der Waals surface area contributed by atoms with Crippen LogP contribution in [-0.4, -0.2) is 108 Å². The van der Waals surface area contributed by atoms with Crippen LogP contribution in [-0.2, 0) is 39.9 Å². The quantitative estimate of drug-likeness (QED) is 0.0461. The molecule has 0 saturated heterocycles. The minimum absolute atomic E-state index is 0.0384. The topological polar surface area (TPSA) is 235 Å². The molecule has 0 fully saturated rings. The maximum atomic E-state index is 12.3. The molecule has 1 heterocycles. The van der Waals surface area contributed by atoms with Crippen molar-refractivity contribution in [3.63, 3.8) is 0 Å². The summed E-state index contributed by atoms with van der Waals surface area (Å²) in [4.78, 5) is 65.1. The van der Waals surface area contributed by atoms with E-state index >= 15 is 0 Å². The molecule has 0 aliphatic rings. The number of nitrogens with two attached hydrogens (primary N) is 1. The van der Waals surface area contributed by atoms with E-state index in [2.05, 4.69) is 25.9 Å². The zero-order chi connectivity index (χ0) is 39.5. The third-order valence-corrected chi connectivity index (χ3v) is 9.19. The zero-order valence-electron chi connectivity index (χ0n) is 32.6. The predicted molar refractivity (Wildman–Crippen MR) is 207 cm³/mol. The summed E-state index contributed by atoms with van der Waals surface area (Å²) in [6, 6.07) is -1.66. The Morgan fingerprint density at radius 2 is 1.24 bits per heavy atom. The number of unbranched alkanes of at least 4 members (excludes halogenated alkanes) is 16. The molecule has 0 spiro atoms. The third kappa shape index (κ3) is 30.0. The Hall–Kier alpha value is -3.40. The van der Waals surface area contributed by atoms with Crippen molar-refractivity contribution in [3.8, 4) is 0 Å². The van der Waals surface area contributed by atoms with Gasteiger partial charge in [0.2, 0.25) is 11.8 Å². The van der Waals surface area contributed by atoms with Crippen LogP contribution in [0.4, 0.5) is 0 Å². The summed E-state index contributed by atoms with van der Waals surface area (Å²) >= 11 is 0. The second-order valence-electron chi connectivity index (χ2n) is 14.0. The van der Waals surface area contributed by atoms with Gasteiger partial charge in [0.25, 0.3) is 0 Å². The van der Waals surface area contributed by atoms with E-state index in [4.69, 9.17) is 20.3 Å². The number of carboxylic acids is 2. The van der Waals surface area contributed by atoms with E-state index < -0.39 is 24.0 Å². The standard InChI is InChI=1S/C39H70N6O9/c40-33(27-32-28-41-31-45-32)35(46)29-44-34(39(51)52)19-17-18-22-42-37(48)30-54-26-25-53-24-23-43-36(47)20-15-13-11-9-7-5-3-1-2-4-6-8-10-12-14-16-21-38(49)50/h28,31,33-34,44H,1-27,29-30,40H2,(H,41,45)(H,42,48)(H,43,47)(H,49,50)(H,51,52)/t33-,34-/m0/s1. The van der Waals surface area contributed by atoms with Gasteiger partial charge in [-0.3, -0.25) is 29.3 Å². The average Bonchev–Trinajstić information content (AvgIpc) is 3.65. The molecule has 1 aromatic rings. The van der Waals surface area contributed by atoms with Crippen LogP contribution in [0.15, 0.2) is 12.5 Å². The highest BCUT2D eigenvalue weighted by Gasteiger charge is 2.20. The van der Waals surface area contributed by atoms with Crippen LogP contribution in [0.3, 0.4) is 0 Å². The summed E-state index contributed by atoms with van der Waals surface area (Å²) in [7, 11) is 0. The van der Waals surface area contributed by atoms with Crippen LogP contribution >= 0.6 is 0 Å². The van der Waals surface area contributed by atoms with Gasteiger partial charge < -0.3 is 41.0 Å². The number of aliphatic carboxylic acids is 2. The molecule has 2 atom stereocenters. The summed E-state index contributed by atoms with van der Waals surface area (Å²) in [5, 5.41) is 26.5. The van der Waals surface area contributed by atoms with Crippen molar-refractivity contribution in [2.24, 2.45) is 5.73 Å². The van der Waals surface area contributed by atoms with Crippen molar-refractivity contribution >= 4 is 29.5 Å². The molecule has 310 valence electrons. The summed E-state index contributed by atoms with van der Waals surface area (Å²) in [5.74, 6) is -2.26. The van der Waals surface area contributed by atoms with Crippen LogP contribution in [0, 0.1) is 0 Å². The van der Waals surface area contributed by atoms with Crippen molar-refractivity contribution in [3.05, 3.63) is 18.2 Å². The molecule has 15 nitrogen and oxygen atoms in total. The molecular formula is C39H70N6O9. The molecular weight excluding hydrogens is 696 g/mol. The fourth-order valence-corrected chi connectivity index (χ4v) is 5.94. The van der Waals surface area contributed by atoms with Gasteiger partial charge >= 0.3 is 11.9 Å². The molecule has 1 rings (SSSR count). The molecule has 0 radical (unpaired) electrons. The number of aromatic amines is 1. The second kappa shape index (κ2) is 34.1. The highest BCUT2D eigenvalue weighted by molar-refractivity contribution is 5.86. The highest BCUT2D eigenvalue weighted by Crippen LogP contribution is 2.14. The first-order chi connectivity index (χ1) is 26.2. The zero-order valence-corrected chi connectivity index (χ0v) is 32.6. The first-order valence-corrected chi connectivity index (χ1v) is 20.3. The number of ether oxygens (including phenoxy) is 2. The number of ketones is 1. The number of carbonyl (C=O) groups is 5. The van der Waals surface area contributed by atoms with E-state index in [0.29, 0.717) is 64.8 Å². The molecule has 0 unspecified atom stereocenters. The molecule has 54 heavy (non-hydrogen) atoms. The minimum Gasteiger partial charge on any atom is -0.481 e. The van der Waals surface area contributed by atoms with E-state index in [0.717, 1.165) is 37.8 Å². The Morgan fingerprint density at radius 1 is 0.685 bits per heavy atom. The number of amides is 2. The maximum Gasteiger partial charge on any atom is 0.320 e. The molecule has 0 bridgehead atoms. The van der Waals surface area contributed by atoms with Crippen molar-refractivity contribution in [1.29, 1.82) is 0 Å². The van der Waals surface area contributed by atoms with Crippen LogP contribution in [0.25, 0.3) is 0 Å². The largest absolute Gasteiger partial charge is 0.481 e. The lowest BCUT2D eigenvalue weighted by Crippen LogP contribution is -2.45. The average molecular weight is 767 g/mol. The molecule has 0 aliphatic carbocycles. The SMILES string of the molecule is N[C@@H](Cc1cnc[nH]1)C(=O)CN[C@@H](CCCCNC(=O)COCCOCCNC(=O)CCCCCCCCCCCCCCCCCCC(=O)O)C(=O)O. The number of hydrogen-bond donors (Lipinski definition) is 7. The normalized spacial score (nSPS) is 12.3. The Kier molecular flexibility index (Phi) is 30.7. The molecule has 0 aliphatic heterocycles. The van der Waals surface area contributed by atoms with Gasteiger partial charge in [0.05, 0.1) is 38.7 Å². The molecule has 1 aromatic heterocycles. The van der Waals surface area contributed by atoms with Gasteiger partial charge in [-0.1, -0.05) is 89.9 Å². The summed E-state index contributed by atoms with van der Waals surface area (Å²) in [6.45, 7) is 1.48. The van der Waals surface area contributed by atoms with Gasteiger partial charge in [-0.2, -0.15) is 0 Å². The Morgan fingerprint density at radius 3 is 1.80 bits per heavy atom. The van der Waals surface area contributed by atoms with Crippen LogP contribution in [0.1, 0.15) is 141 Å². The molecule has 0 saturated carbocycles. The number of imidazole rings is 1. The van der Waals surface area contributed by atoms with E-state index in [1.807, 2.05) is 0 Å². The number of aromatic nitrogens is 2. The van der Waals surface area contributed by atoms with Crippen LogP contribution < -0.4 is 21.7 Å². The Labute approximate surface area is 322 Å². The first-order valence-electron chi connectivity index (χ1n) is 20.3. The number of carbonyl (C=O) groups excluding carboxylic acids is 3. The number of rotatable bonds is 39. The number of Topliss-reactive ketones (excluding diaryl/α,β-unsaturated/α-hetero) is 1. The monoisotopic (exact) mass is 767 g/mol. The number of H-pyrrole nitrogens is 1. The van der Waals surface area contributed by atoms with E-state index in [-0.39, 0.29) is 37.4 Å². The van der Waals surface area contributed by atoms with Gasteiger partial charge in [-0.05, 0) is 32.1 Å². The van der Waals surface area contributed by atoms with Crippen molar-refractivity contribution in [1.82, 2.24) is 25.9 Å². The van der Waals surface area contributed by atoms with Gasteiger partial charge in [0.15, 0.2) is 5.78 Å². The van der Waals surface area contributed by atoms with E-state index in [1.165, 1.54) is 77.0 Å². The number of hydrogen-bond acceptors (Lipinski definition) is 10. The third-order valence-electron chi connectivity index (χ3n) is 9.19. The minimum atomic E-state index is -1.05. The number of nitrogens with one attached hydrogen (secondary N) is 4. The molecule has 15 heteroatoms. The Balaban J connectivity index is 1.84. The second-order valence-corrected chi connectivity index (χ2v) is 14.0. The van der Waals surface area contributed by atoms with Crippen LogP contribution in [0.5, 0.6) is 0 Å². The maximum absolute atomic E-state index is 12.3. The van der Waals surface area contributed by atoms with E-state index in [9.17, 15) is 29.1 Å². The smallest absolute Gasteiger partial charge is 0.320 e. The van der Waals surface area contributed by atoms with Gasteiger partial charge in [0, 0.05) is 44.2 Å². The summed E-state index contributed by atoms with van der Waals surface area (Å²) in [6.07, 6.45) is 24.5. The fourth-order valence-electron chi connectivity index (χ4n) is 5.94. The summed E-state index contributed by atoms with van der Waals surface area (Å²) in [5.41, 5.74) is 6.64. The van der Waals surface area contributed by atoms with Crippen LogP contribution in [0.2, 0.25) is 0 Å². The number of nitrogens with zero attached hydrogens (tertiary/aromatic N) is 1. The fraction of sp³-hybridized carbons (Fsp3) is 0.795. The van der Waals surface area contributed by atoms with Gasteiger partial charge in [0.1, 0.15) is 12.6 Å². The summed E-state index contributed by atoms with van der Waals surface area (Å²) < 4.78 is 10.8. The lowest BCUT2D eigenvalue weighted by Gasteiger charge is -2.16. The lowest BCUT2D eigenvalue weighted by molar-refractivity contribution is -0.140. The van der Waals surface area contributed by atoms with Gasteiger partial charge in [-0.25, -0.2) is 4.98 Å². The number of carboxylic acid groups (broad SMARTS) is 2. The lowest BCUT2D eigenvalue weighted by atomic mass is 10.0. The van der Waals surface area contributed by atoms with Crippen molar-refractivity contribution in [2.45, 2.75) is 153 Å². The van der Waals surface area contributed by atoms with Crippen molar-refractivity contribution in [2.75, 3.05) is 46.1 Å². The van der Waals surface area contributed by atoms with E-state index in [1.54, 1.807) is 6.20 Å². The van der Waals surface area contributed by atoms with Gasteiger partial charge in [-0.15, -0.1) is 0 Å². The molecule has 8 N–H and O–H groups in total. The van der Waals surface area contributed by atoms with Crippen molar-refractivity contribution < 1.29 is 43.7 Å².